The van der Waals surface area contributed by atoms with Gasteiger partial charge in [-0.3, -0.25) is 0 Å². The Balaban J connectivity index is 1.65. The third-order valence-electron chi connectivity index (χ3n) is 5.29. The largest absolute Gasteiger partial charge is 0.494 e. The molecule has 1 atom stereocenters. The number of hydrogen-bond acceptors (Lipinski definition) is 4. The Morgan fingerprint density at radius 2 is 2.14 bits per heavy atom. The molecule has 0 amide bonds. The molecule has 4 rings (SSSR count). The summed E-state index contributed by atoms with van der Waals surface area (Å²) in [7, 11) is 1.46. The van der Waals surface area contributed by atoms with E-state index in [2.05, 4.69) is 18.3 Å². The van der Waals surface area contributed by atoms with Crippen LogP contribution in [0.1, 0.15) is 24.0 Å². The summed E-state index contributed by atoms with van der Waals surface area (Å²) in [4.78, 5) is 0. The normalized spacial score (nSPS) is 16.3. The van der Waals surface area contributed by atoms with Crippen molar-refractivity contribution in [3.8, 4) is 22.7 Å². The molecule has 5 nitrogen and oxygen atoms in total. The predicted octanol–water partition coefficient (Wildman–Crippen LogP) is 4.26. The van der Waals surface area contributed by atoms with Crippen molar-refractivity contribution in [3.05, 3.63) is 65.6 Å². The predicted molar refractivity (Wildman–Crippen MR) is 111 cm³/mol. The van der Waals surface area contributed by atoms with E-state index in [1.54, 1.807) is 6.07 Å². The molecule has 2 heterocycles. The van der Waals surface area contributed by atoms with Crippen LogP contribution in [0.5, 0.6) is 5.75 Å². The number of rotatable bonds is 7. The maximum Gasteiger partial charge on any atom is 0.165 e. The lowest BCUT2D eigenvalue weighted by atomic mass is 10.1. The number of methoxy groups -OCH3 is 1. The van der Waals surface area contributed by atoms with E-state index in [-0.39, 0.29) is 11.9 Å². The van der Waals surface area contributed by atoms with Gasteiger partial charge in [-0.15, -0.1) is 0 Å². The van der Waals surface area contributed by atoms with Crippen molar-refractivity contribution >= 4 is 0 Å². The Kier molecular flexibility index (Phi) is 5.92. The number of benzene rings is 2. The second-order valence-corrected chi connectivity index (χ2v) is 7.35. The Labute approximate surface area is 170 Å². The molecule has 2 aromatic carbocycles. The molecule has 6 heteroatoms. The van der Waals surface area contributed by atoms with Crippen LogP contribution in [0.2, 0.25) is 0 Å². The zero-order valence-electron chi connectivity index (χ0n) is 16.8. The molecule has 0 radical (unpaired) electrons. The maximum absolute atomic E-state index is 14.3. The van der Waals surface area contributed by atoms with Gasteiger partial charge in [-0.05, 0) is 49.6 Å². The summed E-state index contributed by atoms with van der Waals surface area (Å²) in [5, 5.41) is 8.27. The number of hydrogen-bond donors (Lipinski definition) is 1. The number of aryl methyl sites for hydroxylation is 1. The molecule has 1 fully saturated rings. The van der Waals surface area contributed by atoms with Gasteiger partial charge in [0.1, 0.15) is 0 Å². The van der Waals surface area contributed by atoms with Crippen LogP contribution in [0, 0.1) is 12.7 Å². The first-order valence-electron chi connectivity index (χ1n) is 9.96. The molecule has 3 aromatic rings. The molecule has 29 heavy (non-hydrogen) atoms. The Hall–Kier alpha value is -2.70. The summed E-state index contributed by atoms with van der Waals surface area (Å²) in [6.45, 7) is 4.33. The van der Waals surface area contributed by atoms with Gasteiger partial charge in [0.05, 0.1) is 24.6 Å². The minimum atomic E-state index is -0.395. The van der Waals surface area contributed by atoms with Crippen LogP contribution in [-0.2, 0) is 11.3 Å². The molecule has 0 spiro atoms. The standard InChI is InChI=1S/C23H26FN3O2/c1-16-6-3-4-8-21(16)27-15-18(13-25-14-19-7-5-11-29-19)23(26-27)17-9-10-22(28-2)20(24)12-17/h3-4,6,8-10,12,15,19,25H,5,7,11,13-14H2,1-2H3. The van der Waals surface area contributed by atoms with Crippen LogP contribution >= 0.6 is 0 Å². The topological polar surface area (TPSA) is 48.3 Å². The van der Waals surface area contributed by atoms with E-state index in [1.165, 1.54) is 13.2 Å². The van der Waals surface area contributed by atoms with Crippen molar-refractivity contribution in [2.24, 2.45) is 0 Å². The first-order chi connectivity index (χ1) is 14.2. The molecule has 1 aromatic heterocycles. The van der Waals surface area contributed by atoms with E-state index in [4.69, 9.17) is 14.6 Å². The number of nitrogens with one attached hydrogen (secondary N) is 1. The summed E-state index contributed by atoms with van der Waals surface area (Å²) in [5.74, 6) is -0.168. The fourth-order valence-electron chi connectivity index (χ4n) is 3.71. The summed E-state index contributed by atoms with van der Waals surface area (Å²) in [6.07, 6.45) is 4.49. The van der Waals surface area contributed by atoms with Crippen LogP contribution in [0.4, 0.5) is 4.39 Å². The molecule has 152 valence electrons. The zero-order chi connectivity index (χ0) is 20.2. The highest BCUT2D eigenvalue weighted by molar-refractivity contribution is 5.64. The summed E-state index contributed by atoms with van der Waals surface area (Å²) in [6, 6.07) is 13.0. The highest BCUT2D eigenvalue weighted by Gasteiger charge is 2.18. The average Bonchev–Trinajstić information content (AvgIpc) is 3.38. The minimum absolute atomic E-state index is 0.227. The Morgan fingerprint density at radius 3 is 2.86 bits per heavy atom. The molecule has 1 saturated heterocycles. The van der Waals surface area contributed by atoms with Crippen molar-refractivity contribution in [1.82, 2.24) is 15.1 Å². The first-order valence-corrected chi connectivity index (χ1v) is 9.96. The Morgan fingerprint density at radius 1 is 1.28 bits per heavy atom. The minimum Gasteiger partial charge on any atom is -0.494 e. The van der Waals surface area contributed by atoms with Crippen LogP contribution < -0.4 is 10.1 Å². The van der Waals surface area contributed by atoms with Gasteiger partial charge >= 0.3 is 0 Å². The number of aromatic nitrogens is 2. The molecule has 0 saturated carbocycles. The molecule has 1 unspecified atom stereocenters. The molecular formula is C23H26FN3O2. The van der Waals surface area contributed by atoms with Gasteiger partial charge in [0.2, 0.25) is 0 Å². The van der Waals surface area contributed by atoms with Crippen LogP contribution in [0.15, 0.2) is 48.7 Å². The van der Waals surface area contributed by atoms with Crippen molar-refractivity contribution in [3.63, 3.8) is 0 Å². The van der Waals surface area contributed by atoms with Crippen molar-refractivity contribution in [2.45, 2.75) is 32.4 Å². The fraction of sp³-hybridized carbons (Fsp3) is 0.348. The molecule has 0 aliphatic carbocycles. The number of para-hydroxylation sites is 1. The lowest BCUT2D eigenvalue weighted by Gasteiger charge is -2.11. The second kappa shape index (κ2) is 8.76. The van der Waals surface area contributed by atoms with Crippen molar-refractivity contribution in [1.29, 1.82) is 0 Å². The van der Waals surface area contributed by atoms with E-state index in [9.17, 15) is 4.39 Å². The van der Waals surface area contributed by atoms with Gasteiger partial charge in [-0.25, -0.2) is 9.07 Å². The first kappa shape index (κ1) is 19.6. The van der Waals surface area contributed by atoms with Gasteiger partial charge in [0.15, 0.2) is 11.6 Å². The quantitative estimate of drug-likeness (QED) is 0.649. The maximum atomic E-state index is 14.3. The van der Waals surface area contributed by atoms with E-state index >= 15 is 0 Å². The molecule has 1 aliphatic rings. The van der Waals surface area contributed by atoms with Crippen molar-refractivity contribution in [2.75, 3.05) is 20.3 Å². The zero-order valence-corrected chi connectivity index (χ0v) is 16.8. The third kappa shape index (κ3) is 4.33. The average molecular weight is 395 g/mol. The smallest absolute Gasteiger partial charge is 0.165 e. The van der Waals surface area contributed by atoms with Crippen molar-refractivity contribution < 1.29 is 13.9 Å². The van der Waals surface area contributed by atoms with E-state index in [0.29, 0.717) is 6.54 Å². The van der Waals surface area contributed by atoms with Gasteiger partial charge in [-0.1, -0.05) is 18.2 Å². The Bertz CT molecular complexity index is 980. The van der Waals surface area contributed by atoms with Gasteiger partial charge in [0.25, 0.3) is 0 Å². The third-order valence-corrected chi connectivity index (χ3v) is 5.29. The summed E-state index contributed by atoms with van der Waals surface area (Å²) >= 11 is 0. The fourth-order valence-corrected chi connectivity index (χ4v) is 3.71. The molecule has 1 aliphatic heterocycles. The monoisotopic (exact) mass is 395 g/mol. The second-order valence-electron chi connectivity index (χ2n) is 7.35. The molecule has 1 N–H and O–H groups in total. The number of halogens is 1. The molecular weight excluding hydrogens is 369 g/mol. The number of ether oxygens (including phenoxy) is 2. The van der Waals surface area contributed by atoms with Gasteiger partial charge in [0, 0.05) is 37.0 Å². The van der Waals surface area contributed by atoms with Gasteiger partial charge < -0.3 is 14.8 Å². The highest BCUT2D eigenvalue weighted by atomic mass is 19.1. The van der Waals surface area contributed by atoms with E-state index < -0.39 is 5.82 Å². The lowest BCUT2D eigenvalue weighted by molar-refractivity contribution is 0.110. The lowest BCUT2D eigenvalue weighted by Crippen LogP contribution is -2.25. The summed E-state index contributed by atoms with van der Waals surface area (Å²) in [5.41, 5.74) is 4.63. The highest BCUT2D eigenvalue weighted by Crippen LogP contribution is 2.28. The van der Waals surface area contributed by atoms with E-state index in [1.807, 2.05) is 35.1 Å². The molecule has 0 bridgehead atoms. The van der Waals surface area contributed by atoms with Crippen LogP contribution in [-0.4, -0.2) is 36.1 Å². The number of nitrogens with zero attached hydrogens (tertiary/aromatic N) is 2. The van der Waals surface area contributed by atoms with E-state index in [0.717, 1.165) is 54.1 Å². The van der Waals surface area contributed by atoms with Crippen LogP contribution in [0.3, 0.4) is 0 Å². The van der Waals surface area contributed by atoms with Gasteiger partial charge in [-0.2, -0.15) is 5.10 Å². The SMILES string of the molecule is COc1ccc(-c2nn(-c3ccccc3C)cc2CNCC2CCCO2)cc1F. The summed E-state index contributed by atoms with van der Waals surface area (Å²) < 4.78 is 26.9. The van der Waals surface area contributed by atoms with Crippen LogP contribution in [0.25, 0.3) is 16.9 Å².